The summed E-state index contributed by atoms with van der Waals surface area (Å²) in [5, 5.41) is 5.67. The smallest absolute Gasteiger partial charge is 0.162 e. The van der Waals surface area contributed by atoms with Crippen molar-refractivity contribution in [2.75, 3.05) is 0 Å². The van der Waals surface area contributed by atoms with Crippen LogP contribution in [0.25, 0.3) is 93.6 Å². The van der Waals surface area contributed by atoms with Gasteiger partial charge in [-0.2, -0.15) is 0 Å². The quantitative estimate of drug-likeness (QED) is 0.197. The summed E-state index contributed by atoms with van der Waals surface area (Å²) in [5.74, 6) is 0. The SMILES string of the molecule is c1cc(-c2ccc3c(c2)c2ccccc2c2nc4ccccc4n32)cc(-c2c3ccccc3nc3c2oc2ccccc23)c1. The number of furan rings is 1. The first-order valence-electron chi connectivity index (χ1n) is 14.8. The zero-order valence-corrected chi connectivity index (χ0v) is 23.5. The van der Waals surface area contributed by atoms with Crippen molar-refractivity contribution in [2.24, 2.45) is 0 Å². The molecule has 0 aliphatic heterocycles. The van der Waals surface area contributed by atoms with E-state index >= 15 is 0 Å². The van der Waals surface area contributed by atoms with E-state index in [0.717, 1.165) is 82.8 Å². The van der Waals surface area contributed by atoms with Gasteiger partial charge >= 0.3 is 0 Å². The van der Waals surface area contributed by atoms with Gasteiger partial charge in [0.15, 0.2) is 5.58 Å². The van der Waals surface area contributed by atoms with E-state index in [2.05, 4.69) is 120 Å². The van der Waals surface area contributed by atoms with Crippen LogP contribution in [-0.4, -0.2) is 14.4 Å². The number of imidazole rings is 1. The molecule has 4 heterocycles. The van der Waals surface area contributed by atoms with Crippen LogP contribution in [0.2, 0.25) is 0 Å². The van der Waals surface area contributed by atoms with Gasteiger partial charge < -0.3 is 4.42 Å². The van der Waals surface area contributed by atoms with Crippen LogP contribution in [0.3, 0.4) is 0 Å². The summed E-state index contributed by atoms with van der Waals surface area (Å²) in [6, 6.07) is 49.0. The minimum absolute atomic E-state index is 0.820. The maximum atomic E-state index is 6.49. The number of nitrogens with zero attached hydrogens (tertiary/aromatic N) is 3. The Kier molecular flexibility index (Phi) is 4.69. The van der Waals surface area contributed by atoms with Gasteiger partial charge in [0.05, 0.1) is 22.1 Å². The fourth-order valence-electron chi connectivity index (χ4n) is 6.97. The second-order valence-electron chi connectivity index (χ2n) is 11.4. The number of fused-ring (bicyclic) bond motifs is 12. The Hall–Kier alpha value is -6.00. The molecule has 10 rings (SSSR count). The Labute approximate surface area is 251 Å². The molecule has 6 aromatic carbocycles. The van der Waals surface area contributed by atoms with Crippen LogP contribution in [0, 0.1) is 0 Å². The molecule has 0 aliphatic carbocycles. The summed E-state index contributed by atoms with van der Waals surface area (Å²) in [4.78, 5) is 10.1. The lowest BCUT2D eigenvalue weighted by molar-refractivity contribution is 0.670. The number of para-hydroxylation sites is 4. The molecule has 4 nitrogen and oxygen atoms in total. The average Bonchev–Trinajstić information content (AvgIpc) is 3.66. The first-order valence-corrected chi connectivity index (χ1v) is 14.8. The predicted molar refractivity (Wildman–Crippen MR) is 181 cm³/mol. The molecule has 10 aromatic rings. The van der Waals surface area contributed by atoms with Gasteiger partial charge in [0.1, 0.15) is 16.7 Å². The van der Waals surface area contributed by atoms with Crippen LogP contribution in [0.15, 0.2) is 144 Å². The third kappa shape index (κ3) is 3.22. The Bertz CT molecular complexity index is 2790. The zero-order valence-electron chi connectivity index (χ0n) is 23.5. The molecule has 0 saturated carbocycles. The van der Waals surface area contributed by atoms with E-state index in [1.54, 1.807) is 0 Å². The summed E-state index contributed by atoms with van der Waals surface area (Å²) in [6.07, 6.45) is 0. The van der Waals surface area contributed by atoms with Gasteiger partial charge in [0.2, 0.25) is 0 Å². The first-order chi connectivity index (χ1) is 21.8. The summed E-state index contributed by atoms with van der Waals surface area (Å²) in [6.45, 7) is 0. The molecule has 0 unspecified atom stereocenters. The van der Waals surface area contributed by atoms with Gasteiger partial charge in [-0.3, -0.25) is 4.40 Å². The molecular weight excluding hydrogens is 538 g/mol. The summed E-state index contributed by atoms with van der Waals surface area (Å²) < 4.78 is 8.79. The minimum Gasteiger partial charge on any atom is -0.454 e. The van der Waals surface area contributed by atoms with Crippen LogP contribution in [0.5, 0.6) is 0 Å². The molecule has 204 valence electrons. The van der Waals surface area contributed by atoms with Crippen LogP contribution >= 0.6 is 0 Å². The minimum atomic E-state index is 0.820. The van der Waals surface area contributed by atoms with Gasteiger partial charge in [0, 0.05) is 27.1 Å². The lowest BCUT2D eigenvalue weighted by Gasteiger charge is -2.12. The molecular formula is C40H23N3O. The molecule has 44 heavy (non-hydrogen) atoms. The summed E-state index contributed by atoms with van der Waals surface area (Å²) in [7, 11) is 0. The Morgan fingerprint density at radius 1 is 0.455 bits per heavy atom. The third-order valence-electron chi connectivity index (χ3n) is 8.94. The lowest BCUT2D eigenvalue weighted by atomic mass is 9.94. The fourth-order valence-corrected chi connectivity index (χ4v) is 6.97. The van der Waals surface area contributed by atoms with E-state index in [0.29, 0.717) is 0 Å². The number of hydrogen-bond acceptors (Lipinski definition) is 3. The normalized spacial score (nSPS) is 12.1. The molecule has 0 bridgehead atoms. The number of rotatable bonds is 2. The van der Waals surface area contributed by atoms with Crippen LogP contribution < -0.4 is 0 Å². The monoisotopic (exact) mass is 561 g/mol. The molecule has 0 spiro atoms. The highest BCUT2D eigenvalue weighted by atomic mass is 16.3. The Morgan fingerprint density at radius 2 is 1.16 bits per heavy atom. The van der Waals surface area contributed by atoms with Gasteiger partial charge in [-0.05, 0) is 70.6 Å². The van der Waals surface area contributed by atoms with Crippen molar-refractivity contribution >= 4 is 71.3 Å². The van der Waals surface area contributed by atoms with Crippen molar-refractivity contribution in [3.63, 3.8) is 0 Å². The number of pyridine rings is 2. The maximum Gasteiger partial charge on any atom is 0.162 e. The summed E-state index contributed by atoms with van der Waals surface area (Å²) in [5.41, 5.74) is 12.3. The zero-order chi connectivity index (χ0) is 28.8. The topological polar surface area (TPSA) is 43.3 Å². The Balaban J connectivity index is 1.24. The van der Waals surface area contributed by atoms with E-state index in [4.69, 9.17) is 14.4 Å². The average molecular weight is 562 g/mol. The second kappa shape index (κ2) is 8.76. The van der Waals surface area contributed by atoms with Crippen molar-refractivity contribution in [1.29, 1.82) is 0 Å². The van der Waals surface area contributed by atoms with Crippen LogP contribution in [-0.2, 0) is 0 Å². The van der Waals surface area contributed by atoms with Crippen LogP contribution in [0.1, 0.15) is 0 Å². The highest BCUT2D eigenvalue weighted by molar-refractivity contribution is 6.16. The van der Waals surface area contributed by atoms with Gasteiger partial charge in [0.25, 0.3) is 0 Å². The molecule has 4 heteroatoms. The van der Waals surface area contributed by atoms with Crippen molar-refractivity contribution in [3.05, 3.63) is 140 Å². The maximum absolute atomic E-state index is 6.49. The molecule has 0 saturated heterocycles. The molecule has 0 radical (unpaired) electrons. The molecule has 4 aromatic heterocycles. The van der Waals surface area contributed by atoms with Crippen molar-refractivity contribution in [2.45, 2.75) is 0 Å². The van der Waals surface area contributed by atoms with Crippen molar-refractivity contribution in [1.82, 2.24) is 14.4 Å². The molecule has 0 atom stereocenters. The molecule has 0 fully saturated rings. The van der Waals surface area contributed by atoms with E-state index in [1.165, 1.54) is 10.8 Å². The third-order valence-corrected chi connectivity index (χ3v) is 8.94. The van der Waals surface area contributed by atoms with Gasteiger partial charge in [-0.1, -0.05) is 91.0 Å². The van der Waals surface area contributed by atoms with E-state index in [9.17, 15) is 0 Å². The lowest BCUT2D eigenvalue weighted by Crippen LogP contribution is -1.92. The molecule has 0 aliphatic rings. The fraction of sp³-hybridized carbons (Fsp3) is 0. The highest BCUT2D eigenvalue weighted by Gasteiger charge is 2.19. The van der Waals surface area contributed by atoms with E-state index in [-0.39, 0.29) is 0 Å². The largest absolute Gasteiger partial charge is 0.454 e. The first kappa shape index (κ1) is 23.6. The number of hydrogen-bond donors (Lipinski definition) is 0. The standard InChI is InChI=1S/C40H23N3O/c1-2-13-28-27(12-1)31-23-25(20-21-34(31)43-35-18-7-6-17-33(35)42-40(28)43)24-10-9-11-26(22-24)37-29-14-3-5-16-32(29)41-38-30-15-4-8-19-36(30)44-39(37)38/h1-23H. The number of aromatic nitrogens is 3. The van der Waals surface area contributed by atoms with Gasteiger partial charge in [-0.15, -0.1) is 0 Å². The Morgan fingerprint density at radius 3 is 2.07 bits per heavy atom. The molecule has 0 amide bonds. The van der Waals surface area contributed by atoms with Gasteiger partial charge in [-0.25, -0.2) is 9.97 Å². The van der Waals surface area contributed by atoms with E-state index < -0.39 is 0 Å². The van der Waals surface area contributed by atoms with E-state index in [1.807, 2.05) is 24.3 Å². The number of benzene rings is 6. The second-order valence-corrected chi connectivity index (χ2v) is 11.4. The summed E-state index contributed by atoms with van der Waals surface area (Å²) >= 11 is 0. The molecule has 0 N–H and O–H groups in total. The highest BCUT2D eigenvalue weighted by Crippen LogP contribution is 2.41. The predicted octanol–water partition coefficient (Wildman–Crippen LogP) is 10.6. The van der Waals surface area contributed by atoms with Crippen molar-refractivity contribution in [3.8, 4) is 22.3 Å². The van der Waals surface area contributed by atoms with Crippen molar-refractivity contribution < 1.29 is 4.42 Å². The van der Waals surface area contributed by atoms with Crippen LogP contribution in [0.4, 0.5) is 0 Å².